The molecule has 1 unspecified atom stereocenters. The van der Waals surface area contributed by atoms with E-state index in [2.05, 4.69) is 10.3 Å². The topological polar surface area (TPSA) is 68.0 Å². The number of primary amides is 1. The summed E-state index contributed by atoms with van der Waals surface area (Å²) in [6.07, 6.45) is 8.87. The molecule has 1 fully saturated rings. The van der Waals surface area contributed by atoms with Gasteiger partial charge in [-0.1, -0.05) is 6.42 Å². The van der Waals surface area contributed by atoms with E-state index in [1.165, 1.54) is 17.7 Å². The van der Waals surface area contributed by atoms with Gasteiger partial charge in [0.15, 0.2) is 0 Å². The molecule has 0 saturated heterocycles. The van der Waals surface area contributed by atoms with Gasteiger partial charge in [-0.2, -0.15) is 0 Å². The number of unbranched alkanes of at least 4 members (excludes halogenated alkanes) is 1. The van der Waals surface area contributed by atoms with Crippen molar-refractivity contribution in [3.8, 4) is 0 Å². The van der Waals surface area contributed by atoms with Crippen LogP contribution in [-0.2, 0) is 4.79 Å². The van der Waals surface area contributed by atoms with Crippen molar-refractivity contribution in [2.75, 3.05) is 5.75 Å². The highest BCUT2D eigenvalue weighted by Crippen LogP contribution is 2.26. The first-order valence-electron chi connectivity index (χ1n) is 7.20. The molecule has 1 saturated carbocycles. The lowest BCUT2D eigenvalue weighted by atomic mass is 9.94. The van der Waals surface area contributed by atoms with E-state index in [4.69, 9.17) is 5.73 Å². The number of nitrogens with zero attached hydrogens (tertiary/aromatic N) is 1. The third-order valence-corrected chi connectivity index (χ3v) is 4.73. The van der Waals surface area contributed by atoms with Crippen molar-refractivity contribution in [2.45, 2.75) is 55.5 Å². The van der Waals surface area contributed by atoms with E-state index in [1.54, 1.807) is 0 Å². The van der Waals surface area contributed by atoms with Crippen LogP contribution >= 0.6 is 11.8 Å². The number of rotatable bonds is 9. The van der Waals surface area contributed by atoms with Gasteiger partial charge in [-0.15, -0.1) is 11.8 Å². The van der Waals surface area contributed by atoms with Crippen molar-refractivity contribution in [2.24, 2.45) is 5.73 Å². The number of nitrogens with one attached hydrogen (secondary N) is 1. The average molecular weight is 293 g/mol. The fourth-order valence-electron chi connectivity index (χ4n) is 2.15. The predicted molar refractivity (Wildman–Crippen MR) is 82.6 cm³/mol. The van der Waals surface area contributed by atoms with Crippen LogP contribution in [0.3, 0.4) is 0 Å². The summed E-state index contributed by atoms with van der Waals surface area (Å²) in [4.78, 5) is 16.9. The molecule has 0 bridgehead atoms. The summed E-state index contributed by atoms with van der Waals surface area (Å²) in [5.41, 5.74) is 5.00. The highest BCUT2D eigenvalue weighted by atomic mass is 32.2. The summed E-state index contributed by atoms with van der Waals surface area (Å²) in [5, 5.41) is 3.39. The normalized spacial score (nSPS) is 17.6. The number of aromatic nitrogens is 1. The van der Waals surface area contributed by atoms with Gasteiger partial charge in [0.1, 0.15) is 0 Å². The molecule has 3 N–H and O–H groups in total. The maximum atomic E-state index is 11.6. The zero-order chi connectivity index (χ0) is 14.4. The number of pyridine rings is 1. The second kappa shape index (κ2) is 7.09. The zero-order valence-electron chi connectivity index (χ0n) is 12.0. The average Bonchev–Trinajstić information content (AvgIpc) is 3.23. The summed E-state index contributed by atoms with van der Waals surface area (Å²) in [6.45, 7) is 1.93. The lowest BCUT2D eigenvalue weighted by Gasteiger charge is -2.27. The van der Waals surface area contributed by atoms with Crippen molar-refractivity contribution in [3.63, 3.8) is 0 Å². The van der Waals surface area contributed by atoms with Crippen molar-refractivity contribution in [1.82, 2.24) is 10.3 Å². The van der Waals surface area contributed by atoms with Crippen LogP contribution < -0.4 is 11.1 Å². The number of hydrogen-bond acceptors (Lipinski definition) is 4. The van der Waals surface area contributed by atoms with E-state index in [-0.39, 0.29) is 5.91 Å². The van der Waals surface area contributed by atoms with E-state index in [1.807, 2.05) is 43.2 Å². The minimum Gasteiger partial charge on any atom is -0.368 e. The van der Waals surface area contributed by atoms with E-state index in [9.17, 15) is 4.79 Å². The number of carbonyl (C=O) groups is 1. The van der Waals surface area contributed by atoms with Crippen molar-refractivity contribution >= 4 is 17.7 Å². The van der Waals surface area contributed by atoms with Crippen molar-refractivity contribution in [3.05, 3.63) is 24.5 Å². The number of amides is 1. The van der Waals surface area contributed by atoms with Crippen LogP contribution in [0, 0.1) is 0 Å². The molecule has 0 aromatic carbocycles. The number of hydrogen-bond donors (Lipinski definition) is 2. The van der Waals surface area contributed by atoms with Gasteiger partial charge in [-0.05, 0) is 50.5 Å². The standard InChI is InChI=1S/C15H23N3OS/c1-15(14(16)19,18-12-4-5-12)8-2-3-11-20-13-6-9-17-10-7-13/h6-7,9-10,12,18H,2-5,8,11H2,1H3,(H2,16,19). The van der Waals surface area contributed by atoms with E-state index >= 15 is 0 Å². The van der Waals surface area contributed by atoms with Gasteiger partial charge in [-0.3, -0.25) is 9.78 Å². The Morgan fingerprint density at radius 2 is 2.15 bits per heavy atom. The first kappa shape index (κ1) is 15.3. The maximum absolute atomic E-state index is 11.6. The molecule has 5 heteroatoms. The lowest BCUT2D eigenvalue weighted by molar-refractivity contribution is -0.124. The molecule has 0 radical (unpaired) electrons. The Morgan fingerprint density at radius 3 is 2.75 bits per heavy atom. The number of nitrogens with two attached hydrogens (primary N) is 1. The number of thioether (sulfide) groups is 1. The predicted octanol–water partition coefficient (Wildman–Crippen LogP) is 2.34. The third kappa shape index (κ3) is 4.80. The zero-order valence-corrected chi connectivity index (χ0v) is 12.8. The molecule has 1 atom stereocenters. The molecule has 1 aliphatic rings. The Bertz CT molecular complexity index is 436. The van der Waals surface area contributed by atoms with Crippen molar-refractivity contribution in [1.29, 1.82) is 0 Å². The molecular weight excluding hydrogens is 270 g/mol. The molecule has 0 spiro atoms. The maximum Gasteiger partial charge on any atom is 0.237 e. The molecule has 0 aliphatic heterocycles. The molecule has 20 heavy (non-hydrogen) atoms. The quantitative estimate of drug-likeness (QED) is 0.542. The summed E-state index contributed by atoms with van der Waals surface area (Å²) in [6, 6.07) is 4.54. The second-order valence-corrected chi connectivity index (χ2v) is 6.77. The van der Waals surface area contributed by atoms with E-state index in [0.717, 1.165) is 25.0 Å². The van der Waals surface area contributed by atoms with E-state index in [0.29, 0.717) is 6.04 Å². The fraction of sp³-hybridized carbons (Fsp3) is 0.600. The van der Waals surface area contributed by atoms with Gasteiger partial charge in [0.05, 0.1) is 5.54 Å². The third-order valence-electron chi connectivity index (χ3n) is 3.63. The lowest BCUT2D eigenvalue weighted by Crippen LogP contribution is -2.53. The van der Waals surface area contributed by atoms with Gasteiger partial charge >= 0.3 is 0 Å². The van der Waals surface area contributed by atoms with Crippen LogP contribution in [-0.4, -0.2) is 28.2 Å². The second-order valence-electron chi connectivity index (χ2n) is 5.60. The van der Waals surface area contributed by atoms with E-state index < -0.39 is 5.54 Å². The highest BCUT2D eigenvalue weighted by molar-refractivity contribution is 7.99. The fourth-order valence-corrected chi connectivity index (χ4v) is 3.05. The van der Waals surface area contributed by atoms with Gasteiger partial charge < -0.3 is 11.1 Å². The van der Waals surface area contributed by atoms with Crippen LogP contribution in [0.1, 0.15) is 39.0 Å². The monoisotopic (exact) mass is 293 g/mol. The van der Waals surface area contributed by atoms with Gasteiger partial charge in [0.2, 0.25) is 5.91 Å². The Hall–Kier alpha value is -1.07. The first-order valence-corrected chi connectivity index (χ1v) is 8.19. The summed E-state index contributed by atoms with van der Waals surface area (Å²) in [7, 11) is 0. The summed E-state index contributed by atoms with van der Waals surface area (Å²) >= 11 is 1.83. The largest absolute Gasteiger partial charge is 0.368 e. The molecule has 110 valence electrons. The van der Waals surface area contributed by atoms with Crippen LogP contribution in [0.5, 0.6) is 0 Å². The molecule has 1 amide bonds. The van der Waals surface area contributed by atoms with Gasteiger partial charge in [0, 0.05) is 23.3 Å². The van der Waals surface area contributed by atoms with Crippen LogP contribution in [0.4, 0.5) is 0 Å². The first-order chi connectivity index (χ1) is 9.60. The Kier molecular flexibility index (Phi) is 5.43. The number of carbonyl (C=O) groups excluding carboxylic acids is 1. The van der Waals surface area contributed by atoms with Crippen LogP contribution in [0.15, 0.2) is 29.4 Å². The SMILES string of the molecule is CC(CCCCSc1ccncc1)(NC1CC1)C(N)=O. The molecule has 1 aromatic heterocycles. The minimum atomic E-state index is -0.539. The highest BCUT2D eigenvalue weighted by Gasteiger charge is 2.36. The Balaban J connectivity index is 1.67. The molecule has 1 heterocycles. The minimum absolute atomic E-state index is 0.230. The molecule has 2 rings (SSSR count). The Labute approximate surface area is 124 Å². The Morgan fingerprint density at radius 1 is 1.45 bits per heavy atom. The van der Waals surface area contributed by atoms with Crippen molar-refractivity contribution < 1.29 is 4.79 Å². The van der Waals surface area contributed by atoms with Crippen LogP contribution in [0.2, 0.25) is 0 Å². The molecular formula is C15H23N3OS. The molecule has 1 aliphatic carbocycles. The summed E-state index contributed by atoms with van der Waals surface area (Å²) < 4.78 is 0. The van der Waals surface area contributed by atoms with Crippen LogP contribution in [0.25, 0.3) is 0 Å². The smallest absolute Gasteiger partial charge is 0.237 e. The van der Waals surface area contributed by atoms with Gasteiger partial charge in [-0.25, -0.2) is 0 Å². The van der Waals surface area contributed by atoms with Gasteiger partial charge in [0.25, 0.3) is 0 Å². The molecule has 4 nitrogen and oxygen atoms in total. The molecule has 1 aromatic rings. The summed E-state index contributed by atoms with van der Waals surface area (Å²) in [5.74, 6) is 0.827.